The summed E-state index contributed by atoms with van der Waals surface area (Å²) >= 11 is 2.84. The van der Waals surface area contributed by atoms with E-state index in [9.17, 15) is 22.4 Å². The molecule has 0 saturated carbocycles. The molecule has 0 heterocycles. The minimum Gasteiger partial charge on any atom is -0.294 e. The van der Waals surface area contributed by atoms with Gasteiger partial charge in [-0.15, -0.1) is 0 Å². The highest BCUT2D eigenvalue weighted by Crippen LogP contribution is 2.23. The van der Waals surface area contributed by atoms with Crippen LogP contribution in [0.1, 0.15) is 15.9 Å². The number of rotatable bonds is 3. The van der Waals surface area contributed by atoms with E-state index in [2.05, 4.69) is 15.9 Å². The molecule has 0 N–H and O–H groups in total. The maximum atomic E-state index is 13.7. The molecule has 0 bridgehead atoms. The van der Waals surface area contributed by atoms with Gasteiger partial charge in [0, 0.05) is 12.5 Å². The van der Waals surface area contributed by atoms with Crippen LogP contribution >= 0.6 is 15.9 Å². The van der Waals surface area contributed by atoms with Gasteiger partial charge in [0.15, 0.2) is 11.6 Å². The van der Waals surface area contributed by atoms with E-state index in [0.29, 0.717) is 6.07 Å². The van der Waals surface area contributed by atoms with E-state index < -0.39 is 41.0 Å². The van der Waals surface area contributed by atoms with Crippen molar-refractivity contribution in [1.82, 2.24) is 0 Å². The number of carbonyl (C=O) groups excluding carboxylic acids is 1. The van der Waals surface area contributed by atoms with Gasteiger partial charge in [-0.3, -0.25) is 4.79 Å². The molecule has 0 amide bonds. The zero-order chi connectivity index (χ0) is 14.9. The Labute approximate surface area is 120 Å². The standard InChI is InChI=1S/C14H7BrF4O/c15-9-3-4-10(17)13(14(9)19)12(20)5-7-1-2-8(16)6-11(7)18/h1-4,6H,5H2. The summed E-state index contributed by atoms with van der Waals surface area (Å²) in [7, 11) is 0. The van der Waals surface area contributed by atoms with Crippen molar-refractivity contribution in [3.63, 3.8) is 0 Å². The van der Waals surface area contributed by atoms with Gasteiger partial charge in [0.1, 0.15) is 17.5 Å². The fourth-order valence-electron chi connectivity index (χ4n) is 1.71. The topological polar surface area (TPSA) is 17.1 Å². The molecule has 0 unspecified atom stereocenters. The molecule has 0 aromatic heterocycles. The third-order valence-electron chi connectivity index (χ3n) is 2.69. The van der Waals surface area contributed by atoms with Crippen molar-refractivity contribution in [3.8, 4) is 0 Å². The highest BCUT2D eigenvalue weighted by atomic mass is 79.9. The third-order valence-corrected chi connectivity index (χ3v) is 3.30. The van der Waals surface area contributed by atoms with Gasteiger partial charge < -0.3 is 0 Å². The van der Waals surface area contributed by atoms with E-state index in [1.54, 1.807) is 0 Å². The van der Waals surface area contributed by atoms with Gasteiger partial charge in [0.2, 0.25) is 0 Å². The third kappa shape index (κ3) is 2.90. The van der Waals surface area contributed by atoms with E-state index in [1.165, 1.54) is 0 Å². The predicted molar refractivity (Wildman–Crippen MR) is 68.5 cm³/mol. The van der Waals surface area contributed by atoms with Crippen LogP contribution < -0.4 is 0 Å². The first-order chi connectivity index (χ1) is 9.40. The average molecular weight is 347 g/mol. The van der Waals surface area contributed by atoms with Crippen LogP contribution in [0.3, 0.4) is 0 Å². The number of ketones is 1. The molecule has 2 aromatic rings. The van der Waals surface area contributed by atoms with Gasteiger partial charge in [0.05, 0.1) is 10.0 Å². The Morgan fingerprint density at radius 1 is 1.00 bits per heavy atom. The number of hydrogen-bond acceptors (Lipinski definition) is 1. The molecule has 0 aliphatic heterocycles. The first-order valence-corrected chi connectivity index (χ1v) is 6.30. The van der Waals surface area contributed by atoms with Gasteiger partial charge in [0.25, 0.3) is 0 Å². The molecule has 0 fully saturated rings. The number of Topliss-reactive ketones (excluding diaryl/α,β-unsaturated/α-hetero) is 1. The number of carbonyl (C=O) groups is 1. The van der Waals surface area contributed by atoms with Gasteiger partial charge >= 0.3 is 0 Å². The summed E-state index contributed by atoms with van der Waals surface area (Å²) in [5.41, 5.74) is -0.877. The normalized spacial score (nSPS) is 10.7. The van der Waals surface area contributed by atoms with Crippen LogP contribution in [0.2, 0.25) is 0 Å². The maximum absolute atomic E-state index is 13.7. The number of hydrogen-bond donors (Lipinski definition) is 0. The smallest absolute Gasteiger partial charge is 0.173 e. The van der Waals surface area contributed by atoms with Gasteiger partial charge in [-0.1, -0.05) is 6.07 Å². The van der Waals surface area contributed by atoms with Crippen LogP contribution in [-0.2, 0) is 6.42 Å². The summed E-state index contributed by atoms with van der Waals surface area (Å²) in [6.07, 6.45) is -0.559. The average Bonchev–Trinajstić information content (AvgIpc) is 2.38. The van der Waals surface area contributed by atoms with Crippen molar-refractivity contribution in [3.05, 3.63) is 69.2 Å². The lowest BCUT2D eigenvalue weighted by atomic mass is 10.0. The lowest BCUT2D eigenvalue weighted by Crippen LogP contribution is -2.10. The summed E-state index contributed by atoms with van der Waals surface area (Å²) in [5, 5.41) is 0. The molecule has 6 heteroatoms. The summed E-state index contributed by atoms with van der Waals surface area (Å²) in [6.45, 7) is 0. The first-order valence-electron chi connectivity index (χ1n) is 5.50. The minimum absolute atomic E-state index is 0.0678. The molecule has 1 nitrogen and oxygen atoms in total. The molecule has 20 heavy (non-hydrogen) atoms. The molecule has 0 aliphatic carbocycles. The fourth-order valence-corrected chi connectivity index (χ4v) is 2.04. The largest absolute Gasteiger partial charge is 0.294 e. The molecule has 0 aliphatic rings. The van der Waals surface area contributed by atoms with Crippen molar-refractivity contribution in [2.45, 2.75) is 6.42 Å². The van der Waals surface area contributed by atoms with Crippen LogP contribution in [-0.4, -0.2) is 5.78 Å². The highest BCUT2D eigenvalue weighted by molar-refractivity contribution is 9.10. The molecule has 0 spiro atoms. The van der Waals surface area contributed by atoms with E-state index >= 15 is 0 Å². The monoisotopic (exact) mass is 346 g/mol. The van der Waals surface area contributed by atoms with Gasteiger partial charge in [-0.2, -0.15) is 0 Å². The quantitative estimate of drug-likeness (QED) is 0.456. The Kier molecular flexibility index (Phi) is 4.23. The SMILES string of the molecule is O=C(Cc1ccc(F)cc1F)c1c(F)ccc(Br)c1F. The molecular weight excluding hydrogens is 340 g/mol. The van der Waals surface area contributed by atoms with Crippen molar-refractivity contribution in [2.75, 3.05) is 0 Å². The molecule has 2 aromatic carbocycles. The van der Waals surface area contributed by atoms with Crippen LogP contribution in [0.5, 0.6) is 0 Å². The Bertz CT molecular complexity index is 685. The van der Waals surface area contributed by atoms with Crippen molar-refractivity contribution >= 4 is 21.7 Å². The van der Waals surface area contributed by atoms with Crippen LogP contribution in [0.25, 0.3) is 0 Å². The Morgan fingerprint density at radius 2 is 1.70 bits per heavy atom. The summed E-state index contributed by atoms with van der Waals surface area (Å²) < 4.78 is 53.3. The lowest BCUT2D eigenvalue weighted by molar-refractivity contribution is 0.0983. The van der Waals surface area contributed by atoms with Crippen molar-refractivity contribution < 1.29 is 22.4 Å². The van der Waals surface area contributed by atoms with E-state index in [1.807, 2.05) is 0 Å². The van der Waals surface area contributed by atoms with Crippen molar-refractivity contribution in [2.24, 2.45) is 0 Å². The molecule has 0 radical (unpaired) electrons. The van der Waals surface area contributed by atoms with Gasteiger partial charge in [-0.05, 0) is 39.7 Å². The summed E-state index contributed by atoms with van der Waals surface area (Å²) in [4.78, 5) is 11.9. The Hall–Kier alpha value is -1.69. The van der Waals surface area contributed by atoms with E-state index in [0.717, 1.165) is 24.3 Å². The van der Waals surface area contributed by atoms with Crippen molar-refractivity contribution in [1.29, 1.82) is 0 Å². The first kappa shape index (κ1) is 14.7. The zero-order valence-electron chi connectivity index (χ0n) is 9.89. The lowest BCUT2D eigenvalue weighted by Gasteiger charge is -2.06. The number of benzene rings is 2. The molecule has 0 saturated heterocycles. The fraction of sp³-hybridized carbons (Fsp3) is 0.0714. The molecular formula is C14H7BrF4O. The Morgan fingerprint density at radius 3 is 2.35 bits per heavy atom. The second kappa shape index (κ2) is 5.75. The second-order valence-corrected chi connectivity index (χ2v) is 4.91. The second-order valence-electron chi connectivity index (χ2n) is 4.05. The van der Waals surface area contributed by atoms with Crippen LogP contribution in [0.4, 0.5) is 17.6 Å². The summed E-state index contributed by atoms with van der Waals surface area (Å²) in [6, 6.07) is 4.70. The maximum Gasteiger partial charge on any atom is 0.173 e. The van der Waals surface area contributed by atoms with E-state index in [-0.39, 0.29) is 10.0 Å². The summed E-state index contributed by atoms with van der Waals surface area (Å²) in [5.74, 6) is -4.73. The molecule has 104 valence electrons. The van der Waals surface area contributed by atoms with Gasteiger partial charge in [-0.25, -0.2) is 17.6 Å². The molecule has 2 rings (SSSR count). The minimum atomic E-state index is -1.04. The Balaban J connectivity index is 2.36. The zero-order valence-corrected chi connectivity index (χ0v) is 11.5. The number of halogens is 5. The van der Waals surface area contributed by atoms with Crippen LogP contribution in [0.15, 0.2) is 34.8 Å². The molecule has 0 atom stereocenters. The highest BCUT2D eigenvalue weighted by Gasteiger charge is 2.21. The predicted octanol–water partition coefficient (Wildman–Crippen LogP) is 4.43. The van der Waals surface area contributed by atoms with Crippen LogP contribution in [0, 0.1) is 23.3 Å². The van der Waals surface area contributed by atoms with E-state index in [4.69, 9.17) is 0 Å².